The first-order valence-electron chi connectivity index (χ1n) is 10.9. The van der Waals surface area contributed by atoms with Crippen molar-refractivity contribution in [1.29, 1.82) is 0 Å². The van der Waals surface area contributed by atoms with Gasteiger partial charge in [-0.25, -0.2) is 4.98 Å². The molecule has 1 saturated heterocycles. The molecule has 0 unspecified atom stereocenters. The number of ketones is 1. The van der Waals surface area contributed by atoms with Gasteiger partial charge in [-0.15, -0.1) is 0 Å². The third kappa shape index (κ3) is 4.27. The van der Waals surface area contributed by atoms with E-state index < -0.39 is 0 Å². The number of aromatic nitrogens is 5. The molecule has 0 bridgehead atoms. The molecular weight excluding hydrogens is 416 g/mol. The molecule has 33 heavy (non-hydrogen) atoms. The normalized spacial score (nSPS) is 14.7. The molecule has 0 saturated carbocycles. The van der Waals surface area contributed by atoms with Gasteiger partial charge in [0.25, 0.3) is 0 Å². The zero-order valence-electron chi connectivity index (χ0n) is 18.8. The van der Waals surface area contributed by atoms with Gasteiger partial charge in [0, 0.05) is 73.4 Å². The van der Waals surface area contributed by atoms with Gasteiger partial charge >= 0.3 is 0 Å². The van der Waals surface area contributed by atoms with E-state index in [4.69, 9.17) is 5.73 Å². The highest BCUT2D eigenvalue weighted by Crippen LogP contribution is 2.27. The van der Waals surface area contributed by atoms with Gasteiger partial charge in [0.05, 0.1) is 24.3 Å². The Kier molecular flexibility index (Phi) is 5.47. The van der Waals surface area contributed by atoms with Crippen LogP contribution in [0.5, 0.6) is 0 Å². The van der Waals surface area contributed by atoms with E-state index in [2.05, 4.69) is 36.9 Å². The summed E-state index contributed by atoms with van der Waals surface area (Å²) in [5.74, 6) is 1.44. The average molecular weight is 443 g/mol. The molecule has 4 aromatic rings. The lowest BCUT2D eigenvalue weighted by Gasteiger charge is -2.33. The lowest BCUT2D eigenvalue weighted by atomic mass is 10.0. The highest BCUT2D eigenvalue weighted by Gasteiger charge is 2.17. The zero-order valence-corrected chi connectivity index (χ0v) is 18.8. The van der Waals surface area contributed by atoms with Gasteiger partial charge in [-0.1, -0.05) is 0 Å². The van der Waals surface area contributed by atoms with Crippen molar-refractivity contribution in [2.45, 2.75) is 6.42 Å². The molecule has 9 heteroatoms. The van der Waals surface area contributed by atoms with E-state index in [1.807, 2.05) is 18.2 Å². The summed E-state index contributed by atoms with van der Waals surface area (Å²) in [4.78, 5) is 31.0. The molecule has 5 rings (SSSR count). The fourth-order valence-corrected chi connectivity index (χ4v) is 4.06. The van der Waals surface area contributed by atoms with E-state index >= 15 is 0 Å². The van der Waals surface area contributed by atoms with Crippen LogP contribution in [-0.2, 0) is 13.5 Å². The molecule has 0 aliphatic carbocycles. The van der Waals surface area contributed by atoms with Gasteiger partial charge in [-0.05, 0) is 31.3 Å². The van der Waals surface area contributed by atoms with Gasteiger partial charge in [0.1, 0.15) is 11.6 Å². The Morgan fingerprint density at radius 3 is 2.58 bits per heavy atom. The van der Waals surface area contributed by atoms with Crippen LogP contribution in [0.4, 0.5) is 11.6 Å². The Labute approximate surface area is 191 Å². The number of nitrogen functional groups attached to an aromatic ring is 1. The van der Waals surface area contributed by atoms with Crippen molar-refractivity contribution in [2.24, 2.45) is 7.05 Å². The molecular formula is C24H26N8O. The van der Waals surface area contributed by atoms with Crippen LogP contribution >= 0.6 is 0 Å². The van der Waals surface area contributed by atoms with E-state index in [0.717, 1.165) is 54.0 Å². The number of rotatable bonds is 5. The molecule has 1 aliphatic heterocycles. The summed E-state index contributed by atoms with van der Waals surface area (Å²) in [6, 6.07) is 7.58. The van der Waals surface area contributed by atoms with E-state index in [0.29, 0.717) is 17.1 Å². The number of nitrogens with zero attached hydrogens (tertiary/aromatic N) is 7. The monoisotopic (exact) mass is 442 g/mol. The van der Waals surface area contributed by atoms with Crippen LogP contribution in [0.15, 0.2) is 49.1 Å². The molecule has 0 radical (unpaired) electrons. The SMILES string of the molecule is CN1CCN(c2cc(C(=O)Cc3cc4cc(-c5cnn(C)c5N)cnc4cn3)ccn2)CC1. The summed E-state index contributed by atoms with van der Waals surface area (Å²) < 4.78 is 1.63. The Bertz CT molecular complexity index is 1320. The third-order valence-corrected chi connectivity index (χ3v) is 6.16. The Morgan fingerprint density at radius 2 is 1.82 bits per heavy atom. The maximum atomic E-state index is 13.0. The second-order valence-corrected chi connectivity index (χ2v) is 8.45. The quantitative estimate of drug-likeness (QED) is 0.469. The molecule has 0 aromatic carbocycles. The van der Waals surface area contributed by atoms with Gasteiger partial charge in [-0.2, -0.15) is 5.10 Å². The second kappa shape index (κ2) is 8.59. The van der Waals surface area contributed by atoms with E-state index in [-0.39, 0.29) is 12.2 Å². The number of Topliss-reactive ketones (excluding diaryl/α,β-unsaturated/α-hetero) is 1. The fraction of sp³-hybridized carbons (Fsp3) is 0.292. The zero-order chi connectivity index (χ0) is 22.9. The molecule has 0 amide bonds. The van der Waals surface area contributed by atoms with E-state index in [9.17, 15) is 4.79 Å². The minimum absolute atomic E-state index is 0.0141. The molecule has 0 spiro atoms. The molecule has 0 atom stereocenters. The summed E-state index contributed by atoms with van der Waals surface area (Å²) in [5.41, 5.74) is 9.93. The van der Waals surface area contributed by atoms with Crippen LogP contribution in [0.1, 0.15) is 16.1 Å². The van der Waals surface area contributed by atoms with Crippen molar-refractivity contribution in [3.63, 3.8) is 0 Å². The van der Waals surface area contributed by atoms with Crippen molar-refractivity contribution in [3.8, 4) is 11.1 Å². The van der Waals surface area contributed by atoms with E-state index in [1.54, 1.807) is 42.6 Å². The summed E-state index contributed by atoms with van der Waals surface area (Å²) >= 11 is 0. The third-order valence-electron chi connectivity index (χ3n) is 6.16. The van der Waals surface area contributed by atoms with Gasteiger partial charge in [0.2, 0.25) is 0 Å². The number of piperazine rings is 1. The predicted molar refractivity (Wildman–Crippen MR) is 128 cm³/mol. The first-order valence-corrected chi connectivity index (χ1v) is 10.9. The van der Waals surface area contributed by atoms with Crippen LogP contribution in [-0.4, -0.2) is 68.6 Å². The first-order chi connectivity index (χ1) is 16.0. The second-order valence-electron chi connectivity index (χ2n) is 8.45. The molecule has 5 heterocycles. The Balaban J connectivity index is 1.37. The standard InChI is InChI=1S/C24H26N8O/c1-30-5-7-32(8-6-30)23-11-16(3-4-26-23)22(33)12-19-10-17-9-18(13-28-21(17)15-27-19)20-14-29-31(2)24(20)25/h3-4,9-11,13-15H,5-8,12,25H2,1-2H3. The number of pyridine rings is 3. The maximum absolute atomic E-state index is 13.0. The highest BCUT2D eigenvalue weighted by molar-refractivity contribution is 5.98. The number of fused-ring (bicyclic) bond motifs is 1. The van der Waals surface area contributed by atoms with Crippen LogP contribution in [0, 0.1) is 0 Å². The van der Waals surface area contributed by atoms with Crippen molar-refractivity contribution >= 4 is 28.3 Å². The number of carbonyl (C=O) groups excluding carboxylic acids is 1. The van der Waals surface area contributed by atoms with Gasteiger partial charge in [-0.3, -0.25) is 19.4 Å². The van der Waals surface area contributed by atoms with Crippen molar-refractivity contribution < 1.29 is 4.79 Å². The summed E-state index contributed by atoms with van der Waals surface area (Å²) in [7, 11) is 3.92. The van der Waals surface area contributed by atoms with Crippen LogP contribution in [0.25, 0.3) is 22.0 Å². The van der Waals surface area contributed by atoms with Crippen LogP contribution in [0.2, 0.25) is 0 Å². The number of carbonyl (C=O) groups is 1. The molecule has 2 N–H and O–H groups in total. The fourth-order valence-electron chi connectivity index (χ4n) is 4.06. The molecule has 9 nitrogen and oxygen atoms in total. The topological polar surface area (TPSA) is 106 Å². The minimum Gasteiger partial charge on any atom is -0.383 e. The Hall–Kier alpha value is -3.85. The molecule has 1 fully saturated rings. The minimum atomic E-state index is 0.0141. The van der Waals surface area contributed by atoms with Crippen molar-refractivity contribution in [1.82, 2.24) is 29.6 Å². The number of hydrogen-bond donors (Lipinski definition) is 1. The van der Waals surface area contributed by atoms with Gasteiger partial charge in [0.15, 0.2) is 5.78 Å². The molecule has 4 aromatic heterocycles. The molecule has 1 aliphatic rings. The Morgan fingerprint density at radius 1 is 1.00 bits per heavy atom. The lowest BCUT2D eigenvalue weighted by molar-refractivity contribution is 0.0992. The summed E-state index contributed by atoms with van der Waals surface area (Å²) in [6.45, 7) is 3.79. The summed E-state index contributed by atoms with van der Waals surface area (Å²) in [5, 5.41) is 5.11. The van der Waals surface area contributed by atoms with E-state index in [1.165, 1.54) is 0 Å². The van der Waals surface area contributed by atoms with Crippen molar-refractivity contribution in [2.75, 3.05) is 43.9 Å². The molecule has 168 valence electrons. The smallest absolute Gasteiger partial charge is 0.169 e. The predicted octanol–water partition coefficient (Wildman–Crippen LogP) is 2.18. The number of aryl methyl sites for hydroxylation is 1. The summed E-state index contributed by atoms with van der Waals surface area (Å²) in [6.07, 6.45) is 7.12. The maximum Gasteiger partial charge on any atom is 0.169 e. The lowest BCUT2D eigenvalue weighted by Crippen LogP contribution is -2.44. The number of likely N-dealkylation sites (N-methyl/N-ethyl adjacent to an activating group) is 1. The number of nitrogens with two attached hydrogens (primary N) is 1. The number of anilines is 2. The largest absolute Gasteiger partial charge is 0.383 e. The van der Waals surface area contributed by atoms with Crippen molar-refractivity contribution in [3.05, 3.63) is 60.3 Å². The van der Waals surface area contributed by atoms with Gasteiger partial charge < -0.3 is 15.5 Å². The average Bonchev–Trinajstić information content (AvgIpc) is 3.17. The number of hydrogen-bond acceptors (Lipinski definition) is 8. The highest BCUT2D eigenvalue weighted by atomic mass is 16.1. The van der Waals surface area contributed by atoms with Crippen LogP contribution < -0.4 is 10.6 Å². The first kappa shape index (κ1) is 21.0. The van der Waals surface area contributed by atoms with Crippen LogP contribution in [0.3, 0.4) is 0 Å².